The number of pyridine rings is 1. The Morgan fingerprint density at radius 1 is 1.22 bits per heavy atom. The minimum absolute atomic E-state index is 0.0340. The summed E-state index contributed by atoms with van der Waals surface area (Å²) >= 11 is 0. The van der Waals surface area contributed by atoms with Crippen LogP contribution in [-0.4, -0.2) is 11.1 Å². The van der Waals surface area contributed by atoms with Crippen molar-refractivity contribution < 1.29 is 0 Å². The van der Waals surface area contributed by atoms with Gasteiger partial charge in [0.25, 0.3) is 5.56 Å². The Kier molecular flexibility index (Phi) is 4.03. The fourth-order valence-electron chi connectivity index (χ4n) is 2.15. The highest BCUT2D eigenvalue weighted by molar-refractivity contribution is 5.91. The maximum Gasteiger partial charge on any atom is 0.252 e. The minimum atomic E-state index is 0.0340. The quantitative estimate of drug-likeness (QED) is 0.820. The molecule has 0 spiro atoms. The molecule has 2 rings (SSSR count). The smallest absolute Gasteiger partial charge is 0.252 e. The largest absolute Gasteiger partial charge is 0.384 e. The molecule has 3 heteroatoms. The number of unbranched alkanes of at least 4 members (excludes halogenated alkanes) is 2. The summed E-state index contributed by atoms with van der Waals surface area (Å²) in [5.74, 6) is 0. The molecule has 2 aromatic rings. The van der Waals surface area contributed by atoms with Crippen LogP contribution in [0.15, 0.2) is 35.1 Å². The van der Waals surface area contributed by atoms with Crippen LogP contribution in [0, 0.1) is 0 Å². The molecule has 0 atom stereocenters. The number of fused-ring (bicyclic) bond motifs is 1. The molecular weight excluding hydrogens is 224 g/mol. The van der Waals surface area contributed by atoms with Crippen molar-refractivity contribution >= 4 is 16.6 Å². The first kappa shape index (κ1) is 12.7. The Hall–Kier alpha value is -1.77. The molecule has 96 valence electrons. The third kappa shape index (κ3) is 2.55. The Balaban J connectivity index is 2.32. The number of anilines is 1. The summed E-state index contributed by atoms with van der Waals surface area (Å²) in [5, 5.41) is 4.48. The highest BCUT2D eigenvalue weighted by Gasteiger charge is 2.04. The van der Waals surface area contributed by atoms with Gasteiger partial charge in [-0.2, -0.15) is 0 Å². The van der Waals surface area contributed by atoms with Crippen molar-refractivity contribution in [2.24, 2.45) is 7.05 Å². The van der Waals surface area contributed by atoms with E-state index in [-0.39, 0.29) is 5.56 Å². The first-order valence-electron chi connectivity index (χ1n) is 6.56. The van der Waals surface area contributed by atoms with Crippen LogP contribution in [0.1, 0.15) is 26.2 Å². The molecule has 0 aliphatic carbocycles. The second kappa shape index (κ2) is 5.71. The summed E-state index contributed by atoms with van der Waals surface area (Å²) < 4.78 is 1.69. The number of benzene rings is 1. The van der Waals surface area contributed by atoms with Crippen molar-refractivity contribution in [1.29, 1.82) is 0 Å². The van der Waals surface area contributed by atoms with Crippen LogP contribution < -0.4 is 10.9 Å². The minimum Gasteiger partial charge on any atom is -0.384 e. The zero-order valence-electron chi connectivity index (χ0n) is 11.1. The second-order valence-corrected chi connectivity index (χ2v) is 4.61. The predicted molar refractivity (Wildman–Crippen MR) is 77.2 cm³/mol. The van der Waals surface area contributed by atoms with Crippen LogP contribution in [0.4, 0.5) is 5.69 Å². The number of nitrogens with zero attached hydrogens (tertiary/aromatic N) is 1. The van der Waals surface area contributed by atoms with Gasteiger partial charge in [-0.05, 0) is 12.5 Å². The topological polar surface area (TPSA) is 34.0 Å². The van der Waals surface area contributed by atoms with Crippen molar-refractivity contribution in [3.05, 3.63) is 40.7 Å². The molecule has 0 saturated heterocycles. The Morgan fingerprint density at radius 3 is 2.78 bits per heavy atom. The molecule has 18 heavy (non-hydrogen) atoms. The molecule has 1 heterocycles. The Bertz CT molecular complexity index is 587. The highest BCUT2D eigenvalue weighted by atomic mass is 16.1. The number of para-hydroxylation sites is 1. The van der Waals surface area contributed by atoms with Gasteiger partial charge in [0.2, 0.25) is 0 Å². The lowest BCUT2D eigenvalue weighted by Crippen LogP contribution is -2.17. The molecule has 1 aromatic heterocycles. The first-order chi connectivity index (χ1) is 8.74. The molecule has 0 unspecified atom stereocenters. The van der Waals surface area contributed by atoms with Gasteiger partial charge in [0, 0.05) is 30.7 Å². The van der Waals surface area contributed by atoms with Gasteiger partial charge in [0.1, 0.15) is 0 Å². The number of hydrogen-bond acceptors (Lipinski definition) is 2. The van der Waals surface area contributed by atoms with E-state index in [2.05, 4.69) is 18.3 Å². The summed E-state index contributed by atoms with van der Waals surface area (Å²) in [4.78, 5) is 11.9. The maximum atomic E-state index is 11.9. The summed E-state index contributed by atoms with van der Waals surface area (Å²) in [6, 6.07) is 9.69. The van der Waals surface area contributed by atoms with Crippen LogP contribution in [-0.2, 0) is 7.05 Å². The van der Waals surface area contributed by atoms with Crippen molar-refractivity contribution in [3.8, 4) is 0 Å². The monoisotopic (exact) mass is 244 g/mol. The lowest BCUT2D eigenvalue weighted by molar-refractivity contribution is 0.744. The third-order valence-corrected chi connectivity index (χ3v) is 3.25. The number of aromatic nitrogens is 1. The van der Waals surface area contributed by atoms with Crippen LogP contribution in [0.3, 0.4) is 0 Å². The van der Waals surface area contributed by atoms with Crippen molar-refractivity contribution in [1.82, 2.24) is 4.57 Å². The first-order valence-corrected chi connectivity index (χ1v) is 6.56. The van der Waals surface area contributed by atoms with Gasteiger partial charge in [-0.15, -0.1) is 0 Å². The van der Waals surface area contributed by atoms with E-state index in [0.717, 1.165) is 29.6 Å². The van der Waals surface area contributed by atoms with E-state index in [0.29, 0.717) is 0 Å². The lowest BCUT2D eigenvalue weighted by Gasteiger charge is -2.11. The van der Waals surface area contributed by atoms with Gasteiger partial charge in [0.05, 0.1) is 5.52 Å². The highest BCUT2D eigenvalue weighted by Crippen LogP contribution is 2.20. The van der Waals surface area contributed by atoms with Crippen molar-refractivity contribution in [3.63, 3.8) is 0 Å². The molecule has 0 fully saturated rings. The molecule has 0 radical (unpaired) electrons. The van der Waals surface area contributed by atoms with Gasteiger partial charge >= 0.3 is 0 Å². The maximum absolute atomic E-state index is 11.9. The molecule has 0 saturated carbocycles. The normalized spacial score (nSPS) is 10.8. The fourth-order valence-corrected chi connectivity index (χ4v) is 2.15. The van der Waals surface area contributed by atoms with Gasteiger partial charge in [-0.1, -0.05) is 38.0 Å². The Labute approximate surface area is 107 Å². The van der Waals surface area contributed by atoms with Gasteiger partial charge in [-0.3, -0.25) is 4.79 Å². The average molecular weight is 244 g/mol. The zero-order chi connectivity index (χ0) is 13.0. The Morgan fingerprint density at radius 2 is 2.00 bits per heavy atom. The van der Waals surface area contributed by atoms with Crippen LogP contribution >= 0.6 is 0 Å². The summed E-state index contributed by atoms with van der Waals surface area (Å²) in [6.07, 6.45) is 3.56. The third-order valence-electron chi connectivity index (χ3n) is 3.25. The molecule has 0 aliphatic heterocycles. The molecule has 1 N–H and O–H groups in total. The van der Waals surface area contributed by atoms with E-state index in [1.807, 2.05) is 25.2 Å². The SMILES string of the molecule is CCCCCNc1cc(=O)n(C)c2ccccc12. The van der Waals surface area contributed by atoms with Crippen molar-refractivity contribution in [2.75, 3.05) is 11.9 Å². The number of aryl methyl sites for hydroxylation is 1. The van der Waals surface area contributed by atoms with E-state index in [1.165, 1.54) is 12.8 Å². The van der Waals surface area contributed by atoms with Crippen LogP contribution in [0.25, 0.3) is 10.9 Å². The fraction of sp³-hybridized carbons (Fsp3) is 0.400. The molecule has 0 amide bonds. The summed E-state index contributed by atoms with van der Waals surface area (Å²) in [7, 11) is 1.81. The molecule has 0 bridgehead atoms. The lowest BCUT2D eigenvalue weighted by atomic mass is 10.1. The van der Waals surface area contributed by atoms with Crippen LogP contribution in [0.2, 0.25) is 0 Å². The summed E-state index contributed by atoms with van der Waals surface area (Å²) in [5.41, 5.74) is 1.96. The van der Waals surface area contributed by atoms with E-state index in [4.69, 9.17) is 0 Å². The molecular formula is C15H20N2O. The van der Waals surface area contributed by atoms with E-state index in [1.54, 1.807) is 10.6 Å². The standard InChI is InChI=1S/C15H20N2O/c1-3-4-7-10-16-13-11-15(18)17(2)14-9-6-5-8-12(13)14/h5-6,8-9,11,16H,3-4,7,10H2,1-2H3. The number of nitrogens with one attached hydrogen (secondary N) is 1. The van der Waals surface area contributed by atoms with Gasteiger partial charge < -0.3 is 9.88 Å². The van der Waals surface area contributed by atoms with E-state index in [9.17, 15) is 4.79 Å². The van der Waals surface area contributed by atoms with Crippen molar-refractivity contribution in [2.45, 2.75) is 26.2 Å². The number of rotatable bonds is 5. The zero-order valence-corrected chi connectivity index (χ0v) is 11.1. The molecule has 1 aromatic carbocycles. The van der Waals surface area contributed by atoms with E-state index < -0.39 is 0 Å². The molecule has 3 nitrogen and oxygen atoms in total. The summed E-state index contributed by atoms with van der Waals surface area (Å²) in [6.45, 7) is 3.11. The average Bonchev–Trinajstić information content (AvgIpc) is 2.40. The van der Waals surface area contributed by atoms with E-state index >= 15 is 0 Å². The van der Waals surface area contributed by atoms with Gasteiger partial charge in [0.15, 0.2) is 0 Å². The second-order valence-electron chi connectivity index (χ2n) is 4.61. The molecule has 0 aliphatic rings. The number of hydrogen-bond donors (Lipinski definition) is 1. The van der Waals surface area contributed by atoms with Gasteiger partial charge in [-0.25, -0.2) is 0 Å². The van der Waals surface area contributed by atoms with Crippen LogP contribution in [0.5, 0.6) is 0 Å². The predicted octanol–water partition coefficient (Wildman–Crippen LogP) is 3.14.